The minimum atomic E-state index is -0.407. The number of halogens is 1. The molecule has 2 N–H and O–H groups in total. The molecule has 0 unspecified atom stereocenters. The highest BCUT2D eigenvalue weighted by atomic mass is 19.1. The molecule has 0 atom stereocenters. The van der Waals surface area contributed by atoms with Crippen molar-refractivity contribution in [3.05, 3.63) is 81.0 Å². The normalized spacial score (nSPS) is 10.9. The number of carbonyl (C=O) groups is 1. The number of nitrogens with one attached hydrogen (secondary N) is 1. The number of aliphatic hydroxyl groups is 1. The van der Waals surface area contributed by atoms with Crippen LogP contribution in [0.1, 0.15) is 29.3 Å². The van der Waals surface area contributed by atoms with Crippen LogP contribution in [0.15, 0.2) is 47.3 Å². The van der Waals surface area contributed by atoms with Crippen molar-refractivity contribution in [3.8, 4) is 11.4 Å². The average Bonchev–Trinajstić information content (AvgIpc) is 2.75. The molecular formula is C24H26FN3O3. The lowest BCUT2D eigenvalue weighted by atomic mass is 10.1. The van der Waals surface area contributed by atoms with E-state index < -0.39 is 11.4 Å². The van der Waals surface area contributed by atoms with Crippen LogP contribution in [0.5, 0.6) is 0 Å². The summed E-state index contributed by atoms with van der Waals surface area (Å²) in [6.07, 6.45) is 0.894. The van der Waals surface area contributed by atoms with Gasteiger partial charge in [0.25, 0.3) is 5.56 Å². The van der Waals surface area contributed by atoms with Crippen molar-refractivity contribution in [2.45, 2.75) is 40.2 Å². The number of para-hydroxylation sites is 1. The van der Waals surface area contributed by atoms with E-state index >= 15 is 0 Å². The van der Waals surface area contributed by atoms with Crippen LogP contribution in [0.2, 0.25) is 0 Å². The number of hydrogen-bond donors (Lipinski definition) is 2. The first-order chi connectivity index (χ1) is 14.8. The van der Waals surface area contributed by atoms with Crippen LogP contribution in [0, 0.1) is 19.7 Å². The number of aromatic nitrogens is 2. The van der Waals surface area contributed by atoms with Crippen LogP contribution in [-0.4, -0.2) is 27.2 Å². The third-order valence-corrected chi connectivity index (χ3v) is 5.24. The number of hydrogen-bond acceptors (Lipinski definition) is 4. The molecule has 3 aromatic rings. The maximum absolute atomic E-state index is 13.4. The van der Waals surface area contributed by atoms with Gasteiger partial charge in [0.15, 0.2) is 0 Å². The second-order valence-electron chi connectivity index (χ2n) is 7.38. The minimum absolute atomic E-state index is 0.140. The van der Waals surface area contributed by atoms with E-state index in [1.54, 1.807) is 6.92 Å². The second-order valence-corrected chi connectivity index (χ2v) is 7.38. The quantitative estimate of drug-likeness (QED) is 0.610. The molecule has 0 saturated heterocycles. The number of aryl methyl sites for hydroxylation is 3. The van der Waals surface area contributed by atoms with E-state index in [-0.39, 0.29) is 31.3 Å². The summed E-state index contributed by atoms with van der Waals surface area (Å²) in [5, 5.41) is 12.3. The van der Waals surface area contributed by atoms with E-state index in [1.165, 1.54) is 28.8 Å². The standard InChI is InChI=1S/C24H26FN3O3/c1-4-17-7-5-6-15(2)22(17)27-21(30)14-28-23(18-8-10-19(25)11-9-18)26-16(3)20(12-13-29)24(28)31/h5-11,29H,4,12-14H2,1-3H3,(H,27,30). The molecule has 1 aromatic heterocycles. The largest absolute Gasteiger partial charge is 0.396 e. The first-order valence-electron chi connectivity index (χ1n) is 10.2. The minimum Gasteiger partial charge on any atom is -0.396 e. The highest BCUT2D eigenvalue weighted by Crippen LogP contribution is 2.22. The third kappa shape index (κ3) is 4.88. The molecule has 0 aliphatic heterocycles. The first-order valence-corrected chi connectivity index (χ1v) is 10.2. The predicted octanol–water partition coefficient (Wildman–Crippen LogP) is 3.40. The zero-order chi connectivity index (χ0) is 22.5. The van der Waals surface area contributed by atoms with Crippen LogP contribution < -0.4 is 10.9 Å². The third-order valence-electron chi connectivity index (χ3n) is 5.24. The highest BCUT2D eigenvalue weighted by Gasteiger charge is 2.18. The lowest BCUT2D eigenvalue weighted by molar-refractivity contribution is -0.116. The Labute approximate surface area is 180 Å². The zero-order valence-electron chi connectivity index (χ0n) is 17.9. The Morgan fingerprint density at radius 3 is 2.52 bits per heavy atom. The topological polar surface area (TPSA) is 84.2 Å². The van der Waals surface area contributed by atoms with Gasteiger partial charge in [0.1, 0.15) is 18.2 Å². The monoisotopic (exact) mass is 423 g/mol. The molecule has 31 heavy (non-hydrogen) atoms. The molecule has 1 amide bonds. The molecule has 0 aliphatic carbocycles. The van der Waals surface area contributed by atoms with Gasteiger partial charge in [-0.2, -0.15) is 0 Å². The fourth-order valence-electron chi connectivity index (χ4n) is 3.59. The molecule has 0 aliphatic rings. The number of carbonyl (C=O) groups excluding carboxylic acids is 1. The van der Waals surface area contributed by atoms with E-state index in [2.05, 4.69) is 10.3 Å². The van der Waals surface area contributed by atoms with Crippen molar-refractivity contribution in [1.82, 2.24) is 9.55 Å². The van der Waals surface area contributed by atoms with Crippen molar-refractivity contribution < 1.29 is 14.3 Å². The van der Waals surface area contributed by atoms with Crippen molar-refractivity contribution in [1.29, 1.82) is 0 Å². The summed E-state index contributed by atoms with van der Waals surface area (Å²) in [4.78, 5) is 30.6. The summed E-state index contributed by atoms with van der Waals surface area (Å²) in [7, 11) is 0. The SMILES string of the molecule is CCc1cccc(C)c1NC(=O)Cn1c(-c2ccc(F)cc2)nc(C)c(CCO)c1=O. The summed E-state index contributed by atoms with van der Waals surface area (Å²) in [5.74, 6) is -0.495. The number of anilines is 1. The van der Waals surface area contributed by atoms with Crippen molar-refractivity contribution in [3.63, 3.8) is 0 Å². The smallest absolute Gasteiger partial charge is 0.257 e. The Morgan fingerprint density at radius 2 is 1.87 bits per heavy atom. The molecule has 1 heterocycles. The van der Waals surface area contributed by atoms with E-state index in [9.17, 15) is 19.1 Å². The molecule has 0 saturated carbocycles. The van der Waals surface area contributed by atoms with Crippen molar-refractivity contribution >= 4 is 11.6 Å². The predicted molar refractivity (Wildman–Crippen MR) is 119 cm³/mol. The highest BCUT2D eigenvalue weighted by molar-refractivity contribution is 5.92. The summed E-state index contributed by atoms with van der Waals surface area (Å²) >= 11 is 0. The van der Waals surface area contributed by atoms with Crippen LogP contribution in [0.25, 0.3) is 11.4 Å². The van der Waals surface area contributed by atoms with Gasteiger partial charge in [-0.15, -0.1) is 0 Å². The van der Waals surface area contributed by atoms with Gasteiger partial charge in [0.2, 0.25) is 5.91 Å². The molecule has 0 radical (unpaired) electrons. The summed E-state index contributed by atoms with van der Waals surface area (Å²) in [6, 6.07) is 11.4. The molecule has 7 heteroatoms. The van der Waals surface area contributed by atoms with Crippen LogP contribution in [0.3, 0.4) is 0 Å². The van der Waals surface area contributed by atoms with Gasteiger partial charge < -0.3 is 10.4 Å². The van der Waals surface area contributed by atoms with Gasteiger partial charge in [-0.3, -0.25) is 14.2 Å². The molecule has 0 bridgehead atoms. The van der Waals surface area contributed by atoms with E-state index in [0.717, 1.165) is 23.2 Å². The lowest BCUT2D eigenvalue weighted by Gasteiger charge is -2.17. The fourth-order valence-corrected chi connectivity index (χ4v) is 3.59. The van der Waals surface area contributed by atoms with Gasteiger partial charge in [-0.1, -0.05) is 25.1 Å². The van der Waals surface area contributed by atoms with E-state index in [0.29, 0.717) is 16.8 Å². The Hall–Kier alpha value is -3.32. The molecule has 162 valence electrons. The maximum Gasteiger partial charge on any atom is 0.257 e. The Bertz CT molecular complexity index is 1150. The zero-order valence-corrected chi connectivity index (χ0v) is 17.9. The molecule has 3 rings (SSSR count). The van der Waals surface area contributed by atoms with Gasteiger partial charge in [-0.05, 0) is 55.7 Å². The van der Waals surface area contributed by atoms with E-state index in [1.807, 2.05) is 32.0 Å². The Balaban J connectivity index is 2.04. The van der Waals surface area contributed by atoms with Gasteiger partial charge >= 0.3 is 0 Å². The summed E-state index contributed by atoms with van der Waals surface area (Å²) in [6.45, 7) is 5.15. The van der Waals surface area contributed by atoms with Crippen molar-refractivity contribution in [2.24, 2.45) is 0 Å². The number of nitrogens with zero attached hydrogens (tertiary/aromatic N) is 2. The molecular weight excluding hydrogens is 397 g/mol. The number of aliphatic hydroxyl groups excluding tert-OH is 1. The maximum atomic E-state index is 13.4. The van der Waals surface area contributed by atoms with Gasteiger partial charge in [0, 0.05) is 35.5 Å². The molecule has 0 spiro atoms. The van der Waals surface area contributed by atoms with Crippen LogP contribution in [-0.2, 0) is 24.2 Å². The van der Waals surface area contributed by atoms with Crippen molar-refractivity contribution in [2.75, 3.05) is 11.9 Å². The lowest BCUT2D eigenvalue weighted by Crippen LogP contribution is -2.33. The number of rotatable bonds is 7. The fraction of sp³-hybridized carbons (Fsp3) is 0.292. The first kappa shape index (κ1) is 22.4. The summed E-state index contributed by atoms with van der Waals surface area (Å²) in [5.41, 5.74) is 3.63. The average molecular weight is 423 g/mol. The Morgan fingerprint density at radius 1 is 1.16 bits per heavy atom. The Kier molecular flexibility index (Phi) is 6.97. The van der Waals surface area contributed by atoms with Gasteiger partial charge in [-0.25, -0.2) is 9.37 Å². The molecule has 0 fully saturated rings. The number of amides is 1. The molecule has 6 nitrogen and oxygen atoms in total. The number of benzene rings is 2. The van der Waals surface area contributed by atoms with Crippen LogP contribution in [0.4, 0.5) is 10.1 Å². The van der Waals surface area contributed by atoms with E-state index in [4.69, 9.17) is 0 Å². The van der Waals surface area contributed by atoms with Crippen LogP contribution >= 0.6 is 0 Å². The van der Waals surface area contributed by atoms with Gasteiger partial charge in [0.05, 0.1) is 0 Å². The summed E-state index contributed by atoms with van der Waals surface area (Å²) < 4.78 is 14.7. The molecule has 2 aromatic carbocycles. The second kappa shape index (κ2) is 9.66.